The van der Waals surface area contributed by atoms with Crippen LogP contribution in [0.3, 0.4) is 0 Å². The molecule has 8 heteroatoms. The fourth-order valence-electron chi connectivity index (χ4n) is 4.23. The molecule has 2 saturated heterocycles. The van der Waals surface area contributed by atoms with Gasteiger partial charge in [0.1, 0.15) is 0 Å². The van der Waals surface area contributed by atoms with E-state index in [2.05, 4.69) is 35.0 Å². The van der Waals surface area contributed by atoms with Crippen LogP contribution in [0.2, 0.25) is 5.02 Å². The normalized spacial score (nSPS) is 24.0. The highest BCUT2D eigenvalue weighted by molar-refractivity contribution is 6.30. The Morgan fingerprint density at radius 3 is 2.80 bits per heavy atom. The van der Waals surface area contributed by atoms with Crippen LogP contribution < -0.4 is 5.32 Å². The van der Waals surface area contributed by atoms with Crippen LogP contribution in [0.5, 0.6) is 0 Å². The second kappa shape index (κ2) is 11.0. The third-order valence-electron chi connectivity index (χ3n) is 5.88. The maximum Gasteiger partial charge on any atom is 0.310 e. The van der Waals surface area contributed by atoms with Crippen molar-refractivity contribution in [1.82, 2.24) is 15.1 Å². The van der Waals surface area contributed by atoms with Crippen LogP contribution in [0, 0.1) is 11.8 Å². The van der Waals surface area contributed by atoms with E-state index in [1.165, 1.54) is 7.11 Å². The number of morpholine rings is 1. The van der Waals surface area contributed by atoms with Crippen molar-refractivity contribution < 1.29 is 14.3 Å². The lowest BCUT2D eigenvalue weighted by Gasteiger charge is -2.34. The van der Waals surface area contributed by atoms with Crippen molar-refractivity contribution in [3.05, 3.63) is 34.9 Å². The number of carbonyl (C=O) groups excluding carboxylic acids is 1. The minimum atomic E-state index is -0.147. The molecule has 1 aromatic carbocycles. The summed E-state index contributed by atoms with van der Waals surface area (Å²) in [6.45, 7) is 10.1. The molecule has 30 heavy (non-hydrogen) atoms. The number of halogens is 1. The quantitative estimate of drug-likeness (QED) is 0.419. The Kier molecular flexibility index (Phi) is 8.36. The first-order valence-electron chi connectivity index (χ1n) is 10.7. The van der Waals surface area contributed by atoms with Gasteiger partial charge in [0, 0.05) is 37.7 Å². The Balaban J connectivity index is 1.79. The van der Waals surface area contributed by atoms with Gasteiger partial charge < -0.3 is 19.7 Å². The lowest BCUT2D eigenvalue weighted by molar-refractivity contribution is -0.145. The van der Waals surface area contributed by atoms with E-state index in [-0.39, 0.29) is 23.8 Å². The summed E-state index contributed by atoms with van der Waals surface area (Å²) in [5, 5.41) is 4.13. The van der Waals surface area contributed by atoms with E-state index in [0.29, 0.717) is 13.1 Å². The van der Waals surface area contributed by atoms with Crippen molar-refractivity contribution in [3.8, 4) is 0 Å². The lowest BCUT2D eigenvalue weighted by atomic mass is 9.99. The molecular formula is C22H33ClN4O3. The number of carbonyl (C=O) groups is 1. The van der Waals surface area contributed by atoms with Crippen LogP contribution in [-0.2, 0) is 14.3 Å². The van der Waals surface area contributed by atoms with Gasteiger partial charge in [0.2, 0.25) is 0 Å². The first-order valence-corrected chi connectivity index (χ1v) is 11.1. The van der Waals surface area contributed by atoms with E-state index in [9.17, 15) is 4.79 Å². The summed E-state index contributed by atoms with van der Waals surface area (Å²) in [7, 11) is 1.45. The SMILES string of the molecule is CCNC(=NCC(c1cccc(Cl)c1)N1CCOCC1)N1CC(C)C(C(=O)OC)C1. The average molecular weight is 437 g/mol. The molecule has 3 unspecified atom stereocenters. The maximum absolute atomic E-state index is 12.1. The van der Waals surface area contributed by atoms with Gasteiger partial charge in [-0.3, -0.25) is 14.7 Å². The van der Waals surface area contributed by atoms with Gasteiger partial charge in [0.05, 0.1) is 38.8 Å². The molecule has 2 aliphatic heterocycles. The van der Waals surface area contributed by atoms with Crippen LogP contribution in [0.1, 0.15) is 25.5 Å². The predicted molar refractivity (Wildman–Crippen MR) is 119 cm³/mol. The van der Waals surface area contributed by atoms with E-state index in [4.69, 9.17) is 26.1 Å². The van der Waals surface area contributed by atoms with Crippen molar-refractivity contribution >= 4 is 23.5 Å². The molecule has 7 nitrogen and oxygen atoms in total. The molecule has 2 heterocycles. The van der Waals surface area contributed by atoms with Gasteiger partial charge in [0.25, 0.3) is 0 Å². The number of aliphatic imine (C=N–C) groups is 1. The average Bonchev–Trinajstić information content (AvgIpc) is 3.15. The molecule has 0 aliphatic carbocycles. The molecule has 1 aromatic rings. The minimum Gasteiger partial charge on any atom is -0.469 e. The molecule has 2 fully saturated rings. The molecule has 0 amide bonds. The Morgan fingerprint density at radius 2 is 2.13 bits per heavy atom. The molecule has 1 N–H and O–H groups in total. The number of esters is 1. The summed E-state index contributed by atoms with van der Waals surface area (Å²) in [6.07, 6.45) is 0. The number of nitrogens with zero attached hydrogens (tertiary/aromatic N) is 3. The summed E-state index contributed by atoms with van der Waals surface area (Å²) in [6, 6.07) is 8.14. The maximum atomic E-state index is 12.1. The van der Waals surface area contributed by atoms with Gasteiger partial charge in [0.15, 0.2) is 5.96 Å². The van der Waals surface area contributed by atoms with Crippen LogP contribution in [-0.4, -0.2) is 81.3 Å². The van der Waals surface area contributed by atoms with Crippen molar-refractivity contribution in [2.75, 3.05) is 59.6 Å². The highest BCUT2D eigenvalue weighted by atomic mass is 35.5. The zero-order valence-electron chi connectivity index (χ0n) is 18.1. The standard InChI is InChI=1S/C22H33ClN4O3/c1-4-24-22(27-14-16(2)19(15-27)21(28)29-3)25-13-20(26-8-10-30-11-9-26)17-6-5-7-18(23)12-17/h5-7,12,16,19-20H,4,8-11,13-15H2,1-3H3,(H,24,25). The number of hydrogen-bond acceptors (Lipinski definition) is 5. The first-order chi connectivity index (χ1) is 14.5. The van der Waals surface area contributed by atoms with Crippen LogP contribution in [0.25, 0.3) is 0 Å². The lowest BCUT2D eigenvalue weighted by Crippen LogP contribution is -2.43. The fraction of sp³-hybridized carbons (Fsp3) is 0.636. The first kappa shape index (κ1) is 22.8. The van der Waals surface area contributed by atoms with Gasteiger partial charge >= 0.3 is 5.97 Å². The van der Waals surface area contributed by atoms with Gasteiger partial charge in [-0.2, -0.15) is 0 Å². The van der Waals surface area contributed by atoms with Crippen molar-refractivity contribution in [3.63, 3.8) is 0 Å². The molecule has 0 saturated carbocycles. The molecule has 0 aromatic heterocycles. The Bertz CT molecular complexity index is 739. The minimum absolute atomic E-state index is 0.123. The number of rotatable bonds is 6. The Hall–Kier alpha value is -1.83. The largest absolute Gasteiger partial charge is 0.469 e. The second-order valence-electron chi connectivity index (χ2n) is 7.93. The summed E-state index contributed by atoms with van der Waals surface area (Å²) >= 11 is 6.28. The number of ether oxygens (including phenoxy) is 2. The van der Waals surface area contributed by atoms with Gasteiger partial charge in [-0.15, -0.1) is 0 Å². The Morgan fingerprint density at radius 1 is 1.37 bits per heavy atom. The highest BCUT2D eigenvalue weighted by Crippen LogP contribution is 2.27. The van der Waals surface area contributed by atoms with Crippen molar-refractivity contribution in [2.24, 2.45) is 16.8 Å². The predicted octanol–water partition coefficient (Wildman–Crippen LogP) is 2.42. The molecule has 0 bridgehead atoms. The molecule has 2 aliphatic rings. The number of guanidine groups is 1. The van der Waals surface area contributed by atoms with E-state index in [1.807, 2.05) is 18.2 Å². The summed E-state index contributed by atoms with van der Waals surface area (Å²) in [4.78, 5) is 21.7. The third kappa shape index (κ3) is 5.65. The second-order valence-corrected chi connectivity index (χ2v) is 8.36. The number of nitrogens with one attached hydrogen (secondary N) is 1. The zero-order valence-corrected chi connectivity index (χ0v) is 18.9. The molecule has 3 atom stereocenters. The van der Waals surface area contributed by atoms with E-state index in [0.717, 1.165) is 55.9 Å². The summed E-state index contributed by atoms with van der Waals surface area (Å²) in [5.74, 6) is 0.799. The smallest absolute Gasteiger partial charge is 0.310 e. The van der Waals surface area contributed by atoms with E-state index < -0.39 is 0 Å². The Labute approximate surface area is 184 Å². The molecule has 0 spiro atoms. The van der Waals surface area contributed by atoms with E-state index >= 15 is 0 Å². The number of likely N-dealkylation sites (tertiary alicyclic amines) is 1. The topological polar surface area (TPSA) is 66.4 Å². The van der Waals surface area contributed by atoms with Crippen LogP contribution >= 0.6 is 11.6 Å². The van der Waals surface area contributed by atoms with Gasteiger partial charge in [-0.25, -0.2) is 0 Å². The third-order valence-corrected chi connectivity index (χ3v) is 6.12. The highest BCUT2D eigenvalue weighted by Gasteiger charge is 2.37. The molecule has 0 radical (unpaired) electrons. The van der Waals surface area contributed by atoms with Crippen molar-refractivity contribution in [1.29, 1.82) is 0 Å². The van der Waals surface area contributed by atoms with Crippen LogP contribution in [0.15, 0.2) is 29.3 Å². The number of benzene rings is 1. The molecular weight excluding hydrogens is 404 g/mol. The van der Waals surface area contributed by atoms with Crippen molar-refractivity contribution in [2.45, 2.75) is 19.9 Å². The zero-order chi connectivity index (χ0) is 21.5. The van der Waals surface area contributed by atoms with Gasteiger partial charge in [-0.1, -0.05) is 30.7 Å². The van der Waals surface area contributed by atoms with Gasteiger partial charge in [-0.05, 0) is 30.5 Å². The summed E-state index contributed by atoms with van der Waals surface area (Å²) in [5.41, 5.74) is 1.16. The van der Waals surface area contributed by atoms with E-state index in [1.54, 1.807) is 0 Å². The fourth-order valence-corrected chi connectivity index (χ4v) is 4.43. The van der Waals surface area contributed by atoms with Crippen LogP contribution in [0.4, 0.5) is 0 Å². The monoisotopic (exact) mass is 436 g/mol. The molecule has 3 rings (SSSR count). The number of hydrogen-bond donors (Lipinski definition) is 1. The number of methoxy groups -OCH3 is 1. The summed E-state index contributed by atoms with van der Waals surface area (Å²) < 4.78 is 10.5. The molecule has 166 valence electrons.